The van der Waals surface area contributed by atoms with Crippen molar-refractivity contribution in [2.24, 2.45) is 5.10 Å². The molecule has 0 bridgehead atoms. The fourth-order valence-electron chi connectivity index (χ4n) is 1.39. The number of rotatable bonds is 3. The number of hydrogen-bond donors (Lipinski definition) is 1. The zero-order chi connectivity index (χ0) is 15.4. The molecule has 0 spiro atoms. The third-order valence-corrected chi connectivity index (χ3v) is 3.52. The van der Waals surface area contributed by atoms with Crippen LogP contribution < -0.4 is 5.43 Å². The Morgan fingerprint density at radius 1 is 1.19 bits per heavy atom. The lowest BCUT2D eigenvalue weighted by Crippen LogP contribution is -1.97. The molecule has 0 amide bonds. The van der Waals surface area contributed by atoms with Gasteiger partial charge in [-0.25, -0.2) is 9.37 Å². The number of nitrogens with zero attached hydrogens (tertiary/aromatic N) is 3. The van der Waals surface area contributed by atoms with Crippen molar-refractivity contribution < 1.29 is 4.39 Å². The monoisotopic (exact) mass is 342 g/mol. The zero-order valence-electron chi connectivity index (χ0n) is 10.2. The van der Waals surface area contributed by atoms with Crippen molar-refractivity contribution in [1.82, 2.24) is 4.98 Å². The molecule has 0 radical (unpaired) electrons. The zero-order valence-corrected chi connectivity index (χ0v) is 12.5. The van der Waals surface area contributed by atoms with E-state index in [1.54, 1.807) is 18.2 Å². The van der Waals surface area contributed by atoms with E-state index in [1.807, 2.05) is 0 Å². The normalized spacial score (nSPS) is 10.6. The third kappa shape index (κ3) is 3.61. The van der Waals surface area contributed by atoms with Gasteiger partial charge in [0.25, 0.3) is 0 Å². The summed E-state index contributed by atoms with van der Waals surface area (Å²) in [6.45, 7) is 0. The van der Waals surface area contributed by atoms with Crippen molar-refractivity contribution in [2.45, 2.75) is 0 Å². The molecule has 2 aromatic rings. The minimum Gasteiger partial charge on any atom is -0.260 e. The summed E-state index contributed by atoms with van der Waals surface area (Å²) in [6.07, 6.45) is 1.44. The van der Waals surface area contributed by atoms with Crippen molar-refractivity contribution >= 4 is 46.8 Å². The topological polar surface area (TPSA) is 61.1 Å². The molecule has 8 heteroatoms. The molecule has 1 aromatic carbocycles. The van der Waals surface area contributed by atoms with E-state index in [2.05, 4.69) is 15.5 Å². The number of hydrazone groups is 1. The van der Waals surface area contributed by atoms with Crippen LogP contribution in [0.3, 0.4) is 0 Å². The Hall–Kier alpha value is -1.87. The molecule has 106 valence electrons. The highest BCUT2D eigenvalue weighted by molar-refractivity contribution is 6.45. The molecule has 0 fully saturated rings. The summed E-state index contributed by atoms with van der Waals surface area (Å²) in [7, 11) is 0. The molecule has 1 heterocycles. The number of hydrogen-bond acceptors (Lipinski definition) is 4. The maximum atomic E-state index is 12.7. The fraction of sp³-hybridized carbons (Fsp3) is 0. The van der Waals surface area contributed by atoms with Crippen LogP contribution in [0.1, 0.15) is 11.1 Å². The fourth-order valence-corrected chi connectivity index (χ4v) is 2.06. The van der Waals surface area contributed by atoms with Gasteiger partial charge in [-0.1, -0.05) is 46.9 Å². The second-order valence-corrected chi connectivity index (χ2v) is 4.90. The first-order valence-corrected chi connectivity index (χ1v) is 6.65. The summed E-state index contributed by atoms with van der Waals surface area (Å²) >= 11 is 17.7. The second-order valence-electron chi connectivity index (χ2n) is 3.79. The molecule has 0 atom stereocenters. The van der Waals surface area contributed by atoms with E-state index in [9.17, 15) is 4.39 Å². The number of anilines is 1. The Kier molecular flexibility index (Phi) is 4.97. The largest absolute Gasteiger partial charge is 0.260 e. The minimum atomic E-state index is -0.338. The Labute approximate surface area is 134 Å². The third-order valence-electron chi connectivity index (χ3n) is 2.40. The number of pyridine rings is 1. The van der Waals surface area contributed by atoms with Gasteiger partial charge in [0.05, 0.1) is 11.2 Å². The van der Waals surface area contributed by atoms with Crippen LogP contribution in [-0.2, 0) is 0 Å². The van der Waals surface area contributed by atoms with Gasteiger partial charge in [-0.05, 0) is 17.7 Å². The molecule has 0 aliphatic rings. The van der Waals surface area contributed by atoms with Crippen LogP contribution in [-0.4, -0.2) is 11.2 Å². The highest BCUT2D eigenvalue weighted by Crippen LogP contribution is 2.34. The van der Waals surface area contributed by atoms with Crippen LogP contribution in [0.2, 0.25) is 15.2 Å². The molecule has 2 rings (SSSR count). The summed E-state index contributed by atoms with van der Waals surface area (Å²) in [5, 5.41) is 12.7. The van der Waals surface area contributed by atoms with Crippen LogP contribution in [0.25, 0.3) is 0 Å². The Morgan fingerprint density at radius 3 is 2.48 bits per heavy atom. The molecule has 0 aliphatic heterocycles. The first-order chi connectivity index (χ1) is 10.0. The van der Waals surface area contributed by atoms with Crippen molar-refractivity contribution in [2.75, 3.05) is 5.43 Å². The predicted molar refractivity (Wildman–Crippen MR) is 81.6 cm³/mol. The van der Waals surface area contributed by atoms with Gasteiger partial charge in [-0.15, -0.1) is 0 Å². The maximum Gasteiger partial charge on any atom is 0.168 e. The highest BCUT2D eigenvalue weighted by atomic mass is 35.5. The van der Waals surface area contributed by atoms with E-state index in [1.165, 1.54) is 18.3 Å². The summed E-state index contributed by atoms with van der Waals surface area (Å²) in [6, 6.07) is 7.52. The molecule has 0 aliphatic carbocycles. The number of benzene rings is 1. The van der Waals surface area contributed by atoms with Crippen molar-refractivity contribution in [3.63, 3.8) is 0 Å². The Balaban J connectivity index is 2.21. The van der Waals surface area contributed by atoms with Crippen molar-refractivity contribution in [3.8, 4) is 6.07 Å². The van der Waals surface area contributed by atoms with Gasteiger partial charge in [-0.3, -0.25) is 5.43 Å². The lowest BCUT2D eigenvalue weighted by molar-refractivity contribution is 0.628. The molecular formula is C13H6Cl3FN4. The molecule has 0 unspecified atom stereocenters. The Bertz CT molecular complexity index is 739. The van der Waals surface area contributed by atoms with Gasteiger partial charge in [0.1, 0.15) is 22.5 Å². The molecule has 1 N–H and O–H groups in total. The second kappa shape index (κ2) is 6.72. The van der Waals surface area contributed by atoms with E-state index < -0.39 is 0 Å². The van der Waals surface area contributed by atoms with Gasteiger partial charge in [0.15, 0.2) is 11.0 Å². The molecule has 0 saturated carbocycles. The maximum absolute atomic E-state index is 12.7. The first-order valence-electron chi connectivity index (χ1n) is 5.52. The van der Waals surface area contributed by atoms with E-state index in [0.717, 1.165) is 0 Å². The van der Waals surface area contributed by atoms with Crippen LogP contribution in [0.15, 0.2) is 29.4 Å². The lowest BCUT2D eigenvalue weighted by Gasteiger charge is -2.06. The van der Waals surface area contributed by atoms with Crippen LogP contribution >= 0.6 is 34.8 Å². The average Bonchev–Trinajstić information content (AvgIpc) is 2.47. The Morgan fingerprint density at radius 2 is 1.86 bits per heavy atom. The number of nitrogens with one attached hydrogen (secondary N) is 1. The molecular weight excluding hydrogens is 338 g/mol. The average molecular weight is 344 g/mol. The standard InChI is InChI=1S/C13H6Cl3FN4/c14-10-9(5-18)12(16)20-13(11(10)15)21-19-6-7-1-3-8(17)4-2-7/h1-4,6H,(H,20,21)/b19-6-. The van der Waals surface area contributed by atoms with Gasteiger partial charge in [0, 0.05) is 0 Å². The number of nitriles is 1. The number of aromatic nitrogens is 1. The van der Waals surface area contributed by atoms with E-state index in [4.69, 9.17) is 40.1 Å². The molecule has 4 nitrogen and oxygen atoms in total. The highest BCUT2D eigenvalue weighted by Gasteiger charge is 2.15. The van der Waals surface area contributed by atoms with Crippen LogP contribution in [0.4, 0.5) is 10.2 Å². The molecule has 1 aromatic heterocycles. The van der Waals surface area contributed by atoms with Crippen molar-refractivity contribution in [1.29, 1.82) is 5.26 Å². The summed E-state index contributed by atoms with van der Waals surface area (Å²) < 4.78 is 12.7. The molecule has 21 heavy (non-hydrogen) atoms. The first kappa shape index (κ1) is 15.5. The van der Waals surface area contributed by atoms with Crippen LogP contribution in [0, 0.1) is 17.1 Å². The quantitative estimate of drug-likeness (QED) is 0.507. The van der Waals surface area contributed by atoms with Gasteiger partial charge in [0.2, 0.25) is 0 Å². The van der Waals surface area contributed by atoms with Gasteiger partial charge >= 0.3 is 0 Å². The van der Waals surface area contributed by atoms with Crippen molar-refractivity contribution in [3.05, 3.63) is 56.4 Å². The summed E-state index contributed by atoms with van der Waals surface area (Å²) in [5.41, 5.74) is 3.23. The van der Waals surface area contributed by atoms with Gasteiger partial charge in [-0.2, -0.15) is 10.4 Å². The van der Waals surface area contributed by atoms with Gasteiger partial charge < -0.3 is 0 Å². The SMILES string of the molecule is N#Cc1c(Cl)nc(N/N=C\c2ccc(F)cc2)c(Cl)c1Cl. The predicted octanol–water partition coefficient (Wildman–Crippen LogP) is 4.50. The van der Waals surface area contributed by atoms with Crippen LogP contribution in [0.5, 0.6) is 0 Å². The lowest BCUT2D eigenvalue weighted by atomic mass is 10.2. The van der Waals surface area contributed by atoms with E-state index >= 15 is 0 Å². The minimum absolute atomic E-state index is 0.00125. The number of halogens is 4. The van der Waals surface area contributed by atoms with E-state index in [-0.39, 0.29) is 32.4 Å². The summed E-state index contributed by atoms with van der Waals surface area (Å²) in [5.74, 6) is -0.223. The summed E-state index contributed by atoms with van der Waals surface area (Å²) in [4.78, 5) is 3.89. The smallest absolute Gasteiger partial charge is 0.168 e. The molecule has 0 saturated heterocycles. The van der Waals surface area contributed by atoms with E-state index in [0.29, 0.717) is 5.56 Å².